The monoisotopic (exact) mass is 261 g/mol. The van der Waals surface area contributed by atoms with E-state index in [2.05, 4.69) is 0 Å². The number of thioether (sulfide) groups is 2. The number of carboxylic acid groups (broad SMARTS) is 1. The summed E-state index contributed by atoms with van der Waals surface area (Å²) in [5, 5.41) is 8.89. The number of β-lactam (4-membered cyclic amide) rings is 1. The molecule has 88 valence electrons. The van der Waals surface area contributed by atoms with Gasteiger partial charge in [-0.1, -0.05) is 18.7 Å². The van der Waals surface area contributed by atoms with Gasteiger partial charge in [0.1, 0.15) is 5.37 Å². The van der Waals surface area contributed by atoms with Crippen molar-refractivity contribution >= 4 is 35.4 Å². The third-order valence-electron chi connectivity index (χ3n) is 2.39. The summed E-state index contributed by atoms with van der Waals surface area (Å²) in [6.07, 6.45) is -0.505. The first kappa shape index (κ1) is 11.8. The van der Waals surface area contributed by atoms with E-state index < -0.39 is 12.1 Å². The van der Waals surface area contributed by atoms with Crippen LogP contribution in [0.15, 0.2) is 9.93 Å². The van der Waals surface area contributed by atoms with Crippen LogP contribution in [0.25, 0.3) is 0 Å². The lowest BCUT2D eigenvalue weighted by Gasteiger charge is -2.40. The Bertz CT molecular complexity index is 382. The summed E-state index contributed by atoms with van der Waals surface area (Å²) in [5.41, 5.74) is 0.111. The van der Waals surface area contributed by atoms with Gasteiger partial charge in [-0.05, 0) is 5.75 Å². The largest absolute Gasteiger partial charge is 0.477 e. The molecule has 16 heavy (non-hydrogen) atoms. The fourth-order valence-electron chi connectivity index (χ4n) is 1.69. The van der Waals surface area contributed by atoms with Crippen molar-refractivity contribution in [2.75, 3.05) is 12.9 Å². The van der Waals surface area contributed by atoms with E-state index in [4.69, 9.17) is 9.84 Å². The van der Waals surface area contributed by atoms with Crippen LogP contribution in [0.3, 0.4) is 0 Å². The van der Waals surface area contributed by atoms with Crippen molar-refractivity contribution in [3.05, 3.63) is 9.93 Å². The summed E-state index contributed by atoms with van der Waals surface area (Å²) < 4.78 is 5.73. The Morgan fingerprint density at radius 2 is 2.38 bits per heavy atom. The SMILES string of the molecule is CCSC1=C(C(=O)O)N2C(=O)C(OC)[C@@H]2S1. The van der Waals surface area contributed by atoms with E-state index in [-0.39, 0.29) is 17.0 Å². The van der Waals surface area contributed by atoms with Crippen molar-refractivity contribution in [1.82, 2.24) is 4.90 Å². The molecule has 2 rings (SSSR count). The molecular formula is C9H11NO4S2. The van der Waals surface area contributed by atoms with Gasteiger partial charge in [-0.3, -0.25) is 9.69 Å². The molecule has 2 heterocycles. The van der Waals surface area contributed by atoms with Gasteiger partial charge in [0.15, 0.2) is 11.8 Å². The highest BCUT2D eigenvalue weighted by Gasteiger charge is 2.56. The lowest BCUT2D eigenvalue weighted by atomic mass is 10.1. The number of methoxy groups -OCH3 is 1. The van der Waals surface area contributed by atoms with Gasteiger partial charge >= 0.3 is 5.97 Å². The number of hydrogen-bond donors (Lipinski definition) is 1. The standard InChI is InChI=1S/C9H11NO4S2/c1-3-15-9-4(8(12)13)10-6(11)5(14-2)7(10)16-9/h5,7H,3H2,1-2H3,(H,12,13)/t5?,7-/m0/s1. The molecule has 2 atom stereocenters. The van der Waals surface area contributed by atoms with Gasteiger partial charge in [0.2, 0.25) is 0 Å². The molecule has 0 radical (unpaired) electrons. The van der Waals surface area contributed by atoms with Gasteiger partial charge in [-0.25, -0.2) is 4.79 Å². The minimum absolute atomic E-state index is 0.111. The Labute approximate surface area is 101 Å². The van der Waals surface area contributed by atoms with Crippen molar-refractivity contribution in [3.63, 3.8) is 0 Å². The topological polar surface area (TPSA) is 66.8 Å². The molecule has 1 saturated heterocycles. The summed E-state index contributed by atoms with van der Waals surface area (Å²) in [6, 6.07) is 0. The number of aliphatic carboxylic acids is 1. The maximum atomic E-state index is 11.6. The number of fused-ring (bicyclic) bond motifs is 1. The van der Waals surface area contributed by atoms with Crippen LogP contribution in [0, 0.1) is 0 Å². The van der Waals surface area contributed by atoms with Crippen molar-refractivity contribution in [3.8, 4) is 0 Å². The van der Waals surface area contributed by atoms with E-state index in [0.717, 1.165) is 5.75 Å². The van der Waals surface area contributed by atoms with Crippen LogP contribution >= 0.6 is 23.5 Å². The summed E-state index contributed by atoms with van der Waals surface area (Å²) in [4.78, 5) is 24.0. The zero-order valence-corrected chi connectivity index (χ0v) is 10.4. The molecule has 1 amide bonds. The molecule has 5 nitrogen and oxygen atoms in total. The Morgan fingerprint density at radius 1 is 1.69 bits per heavy atom. The molecule has 0 aromatic carbocycles. The second-order valence-electron chi connectivity index (χ2n) is 3.25. The van der Waals surface area contributed by atoms with Gasteiger partial charge in [0, 0.05) is 7.11 Å². The van der Waals surface area contributed by atoms with E-state index in [1.807, 2.05) is 6.92 Å². The third kappa shape index (κ3) is 1.54. The number of amides is 1. The Kier molecular flexibility index (Phi) is 3.18. The second-order valence-corrected chi connectivity index (χ2v) is 5.91. The first-order valence-electron chi connectivity index (χ1n) is 4.74. The Balaban J connectivity index is 2.26. The molecule has 1 unspecified atom stereocenters. The van der Waals surface area contributed by atoms with Gasteiger partial charge < -0.3 is 9.84 Å². The molecule has 0 aromatic heterocycles. The minimum atomic E-state index is -1.05. The number of ether oxygens (including phenoxy) is 1. The number of carboxylic acids is 1. The molecule has 0 aromatic rings. The lowest BCUT2D eigenvalue weighted by Crippen LogP contribution is -2.61. The normalized spacial score (nSPS) is 28.1. The second kappa shape index (κ2) is 4.31. The van der Waals surface area contributed by atoms with E-state index in [0.29, 0.717) is 4.24 Å². The highest BCUT2D eigenvalue weighted by molar-refractivity contribution is 8.22. The lowest BCUT2D eigenvalue weighted by molar-refractivity contribution is -0.161. The number of rotatable bonds is 4. The number of hydrogen-bond acceptors (Lipinski definition) is 5. The van der Waals surface area contributed by atoms with E-state index in [1.165, 1.54) is 35.5 Å². The van der Waals surface area contributed by atoms with Crippen LogP contribution in [-0.4, -0.2) is 46.2 Å². The molecular weight excluding hydrogens is 250 g/mol. The predicted molar refractivity (Wildman–Crippen MR) is 61.8 cm³/mol. The summed E-state index contributed by atoms with van der Waals surface area (Å²) in [6.45, 7) is 1.95. The number of nitrogens with zero attached hydrogens (tertiary/aromatic N) is 1. The maximum Gasteiger partial charge on any atom is 0.354 e. The molecule has 0 aliphatic carbocycles. The zero-order valence-electron chi connectivity index (χ0n) is 8.80. The average molecular weight is 261 g/mol. The molecule has 1 fully saturated rings. The first-order valence-corrected chi connectivity index (χ1v) is 6.61. The third-order valence-corrected chi connectivity index (χ3v) is 4.88. The average Bonchev–Trinajstić information content (AvgIpc) is 2.55. The van der Waals surface area contributed by atoms with E-state index >= 15 is 0 Å². The van der Waals surface area contributed by atoms with Crippen LogP contribution in [-0.2, 0) is 14.3 Å². The predicted octanol–water partition coefficient (Wildman–Crippen LogP) is 0.923. The number of carbonyl (C=O) groups is 2. The molecule has 0 spiro atoms. The van der Waals surface area contributed by atoms with Gasteiger partial charge in [0.25, 0.3) is 5.91 Å². The summed E-state index contributed by atoms with van der Waals surface area (Å²) in [5.74, 6) is -0.524. The Hall–Kier alpha value is -0.660. The van der Waals surface area contributed by atoms with Crippen LogP contribution in [0.4, 0.5) is 0 Å². The van der Waals surface area contributed by atoms with Gasteiger partial charge in [0.05, 0.1) is 4.24 Å². The van der Waals surface area contributed by atoms with Crippen LogP contribution in [0.5, 0.6) is 0 Å². The zero-order chi connectivity index (χ0) is 11.9. The van der Waals surface area contributed by atoms with Crippen LogP contribution < -0.4 is 0 Å². The van der Waals surface area contributed by atoms with Crippen LogP contribution in [0.2, 0.25) is 0 Å². The van der Waals surface area contributed by atoms with Crippen molar-refractivity contribution < 1.29 is 19.4 Å². The summed E-state index contributed by atoms with van der Waals surface area (Å²) >= 11 is 2.85. The smallest absolute Gasteiger partial charge is 0.354 e. The van der Waals surface area contributed by atoms with Crippen molar-refractivity contribution in [2.45, 2.75) is 18.4 Å². The fourth-order valence-corrected chi connectivity index (χ4v) is 4.38. The van der Waals surface area contributed by atoms with Gasteiger partial charge in [-0.15, -0.1) is 11.8 Å². The molecule has 2 aliphatic rings. The molecule has 0 saturated carbocycles. The maximum absolute atomic E-state index is 11.6. The van der Waals surface area contributed by atoms with E-state index in [1.54, 1.807) is 0 Å². The van der Waals surface area contributed by atoms with Crippen molar-refractivity contribution in [2.24, 2.45) is 0 Å². The fraction of sp³-hybridized carbons (Fsp3) is 0.556. The molecule has 1 N–H and O–H groups in total. The highest BCUT2D eigenvalue weighted by Crippen LogP contribution is 2.51. The van der Waals surface area contributed by atoms with Crippen molar-refractivity contribution in [1.29, 1.82) is 0 Å². The first-order chi connectivity index (χ1) is 7.61. The van der Waals surface area contributed by atoms with Crippen LogP contribution in [0.1, 0.15) is 6.92 Å². The Morgan fingerprint density at radius 3 is 2.88 bits per heavy atom. The molecule has 7 heteroatoms. The van der Waals surface area contributed by atoms with Gasteiger partial charge in [-0.2, -0.15) is 0 Å². The van der Waals surface area contributed by atoms with E-state index in [9.17, 15) is 9.59 Å². The quantitative estimate of drug-likeness (QED) is 0.759. The summed E-state index contributed by atoms with van der Waals surface area (Å²) in [7, 11) is 1.46. The number of carbonyl (C=O) groups excluding carboxylic acids is 1. The molecule has 2 aliphatic heterocycles. The molecule has 0 bridgehead atoms. The highest BCUT2D eigenvalue weighted by atomic mass is 32.2. The minimum Gasteiger partial charge on any atom is -0.477 e.